The molecule has 2 amide bonds. The number of halogens is 1. The summed E-state index contributed by atoms with van der Waals surface area (Å²) in [7, 11) is 0. The minimum absolute atomic E-state index is 0.167. The van der Waals surface area contributed by atoms with Crippen molar-refractivity contribution in [2.24, 2.45) is 0 Å². The molecule has 0 unspecified atom stereocenters. The Labute approximate surface area is 158 Å². The molecule has 1 aliphatic rings. The van der Waals surface area contributed by atoms with Crippen LogP contribution in [-0.4, -0.2) is 42.1 Å². The fraction of sp³-hybridized carbons (Fsp3) is 0.350. The zero-order chi connectivity index (χ0) is 19.2. The van der Waals surface area contributed by atoms with Crippen molar-refractivity contribution in [2.75, 3.05) is 31.1 Å². The highest BCUT2D eigenvalue weighted by Crippen LogP contribution is 2.18. The number of hydrogen-bond donors (Lipinski definition) is 1. The SMILES string of the molecule is Cc1ccc(CNC(=O)N2CCCN(c3ncccc3C#N)CC2)cc1F. The van der Waals surface area contributed by atoms with Crippen molar-refractivity contribution in [3.63, 3.8) is 0 Å². The molecule has 2 heterocycles. The molecule has 1 aliphatic heterocycles. The van der Waals surface area contributed by atoms with Crippen LogP contribution in [0.1, 0.15) is 23.1 Å². The molecule has 140 valence electrons. The topological polar surface area (TPSA) is 72.3 Å². The molecule has 1 aromatic carbocycles. The number of urea groups is 1. The maximum atomic E-state index is 13.6. The number of nitrogens with zero attached hydrogens (tertiary/aromatic N) is 4. The molecule has 1 aromatic heterocycles. The quantitative estimate of drug-likeness (QED) is 0.905. The molecule has 0 bridgehead atoms. The molecule has 0 aliphatic carbocycles. The van der Waals surface area contributed by atoms with E-state index in [9.17, 15) is 14.4 Å². The van der Waals surface area contributed by atoms with Gasteiger partial charge in [0.15, 0.2) is 0 Å². The number of hydrogen-bond acceptors (Lipinski definition) is 4. The highest BCUT2D eigenvalue weighted by molar-refractivity contribution is 5.74. The van der Waals surface area contributed by atoms with Crippen LogP contribution in [0.2, 0.25) is 0 Å². The van der Waals surface area contributed by atoms with Crippen LogP contribution in [0.4, 0.5) is 15.0 Å². The lowest BCUT2D eigenvalue weighted by Crippen LogP contribution is -2.41. The van der Waals surface area contributed by atoms with E-state index in [1.54, 1.807) is 36.2 Å². The third kappa shape index (κ3) is 4.53. The van der Waals surface area contributed by atoms with Crippen LogP contribution in [0, 0.1) is 24.1 Å². The van der Waals surface area contributed by atoms with Gasteiger partial charge in [-0.3, -0.25) is 0 Å². The molecule has 1 saturated heterocycles. The number of benzene rings is 1. The highest BCUT2D eigenvalue weighted by atomic mass is 19.1. The first-order valence-corrected chi connectivity index (χ1v) is 8.96. The van der Waals surface area contributed by atoms with E-state index in [4.69, 9.17) is 0 Å². The number of carbonyl (C=O) groups excluding carboxylic acids is 1. The molecule has 0 spiro atoms. The van der Waals surface area contributed by atoms with E-state index in [1.165, 1.54) is 6.07 Å². The molecule has 3 rings (SSSR count). The molecule has 2 aromatic rings. The van der Waals surface area contributed by atoms with Crippen molar-refractivity contribution >= 4 is 11.8 Å². The van der Waals surface area contributed by atoms with Crippen LogP contribution in [-0.2, 0) is 6.54 Å². The minimum Gasteiger partial charge on any atom is -0.354 e. The van der Waals surface area contributed by atoms with Crippen molar-refractivity contribution in [1.29, 1.82) is 5.26 Å². The smallest absolute Gasteiger partial charge is 0.317 e. The normalized spacial score (nSPS) is 14.4. The number of aromatic nitrogens is 1. The van der Waals surface area contributed by atoms with Crippen LogP contribution in [0.3, 0.4) is 0 Å². The van der Waals surface area contributed by atoms with Gasteiger partial charge in [-0.15, -0.1) is 0 Å². The molecule has 1 fully saturated rings. The van der Waals surface area contributed by atoms with E-state index in [0.717, 1.165) is 18.5 Å². The van der Waals surface area contributed by atoms with Gasteiger partial charge in [0, 0.05) is 38.9 Å². The monoisotopic (exact) mass is 367 g/mol. The van der Waals surface area contributed by atoms with Gasteiger partial charge in [0.05, 0.1) is 5.56 Å². The number of carbonyl (C=O) groups is 1. The molecule has 0 radical (unpaired) electrons. The fourth-order valence-electron chi connectivity index (χ4n) is 3.10. The van der Waals surface area contributed by atoms with Gasteiger partial charge in [0.2, 0.25) is 0 Å². The summed E-state index contributed by atoms with van der Waals surface area (Å²) in [6, 6.07) is 10.5. The summed E-state index contributed by atoms with van der Waals surface area (Å²) >= 11 is 0. The first-order valence-electron chi connectivity index (χ1n) is 8.96. The minimum atomic E-state index is -0.268. The lowest BCUT2D eigenvalue weighted by molar-refractivity contribution is 0.201. The van der Waals surface area contributed by atoms with Crippen LogP contribution >= 0.6 is 0 Å². The Morgan fingerprint density at radius 2 is 2.15 bits per heavy atom. The first-order chi connectivity index (χ1) is 13.1. The molecule has 1 N–H and O–H groups in total. The van der Waals surface area contributed by atoms with Gasteiger partial charge < -0.3 is 15.1 Å². The summed E-state index contributed by atoms with van der Waals surface area (Å²) < 4.78 is 13.6. The van der Waals surface area contributed by atoms with Crippen molar-refractivity contribution in [2.45, 2.75) is 19.9 Å². The van der Waals surface area contributed by atoms with Gasteiger partial charge in [-0.1, -0.05) is 12.1 Å². The molecular formula is C20H22FN5O. The standard InChI is InChI=1S/C20H22FN5O/c1-15-5-6-16(12-18(15)21)14-24-20(27)26-9-3-8-25(10-11-26)19-17(13-22)4-2-7-23-19/h2,4-7,12H,3,8-11,14H2,1H3,(H,24,27). The van der Waals surface area contributed by atoms with Gasteiger partial charge in [-0.25, -0.2) is 14.2 Å². The van der Waals surface area contributed by atoms with Crippen molar-refractivity contribution in [3.8, 4) is 6.07 Å². The van der Waals surface area contributed by atoms with E-state index < -0.39 is 0 Å². The summed E-state index contributed by atoms with van der Waals surface area (Å²) in [5.41, 5.74) is 1.86. The molecule has 0 atom stereocenters. The van der Waals surface area contributed by atoms with Gasteiger partial charge in [-0.2, -0.15) is 5.26 Å². The Bertz CT molecular complexity index is 864. The second-order valence-corrected chi connectivity index (χ2v) is 6.56. The lowest BCUT2D eigenvalue weighted by Gasteiger charge is -2.23. The van der Waals surface area contributed by atoms with Crippen LogP contribution < -0.4 is 10.2 Å². The maximum absolute atomic E-state index is 13.6. The fourth-order valence-corrected chi connectivity index (χ4v) is 3.10. The van der Waals surface area contributed by atoms with Gasteiger partial charge >= 0.3 is 6.03 Å². The number of aryl methyl sites for hydroxylation is 1. The second kappa shape index (κ2) is 8.49. The Morgan fingerprint density at radius 3 is 2.93 bits per heavy atom. The van der Waals surface area contributed by atoms with Crippen LogP contribution in [0.25, 0.3) is 0 Å². The van der Waals surface area contributed by atoms with E-state index in [0.29, 0.717) is 36.6 Å². The molecule has 27 heavy (non-hydrogen) atoms. The average molecular weight is 367 g/mol. The average Bonchev–Trinajstić information content (AvgIpc) is 2.95. The highest BCUT2D eigenvalue weighted by Gasteiger charge is 2.21. The molecule has 6 nitrogen and oxygen atoms in total. The predicted octanol–water partition coefficient (Wildman–Crippen LogP) is 2.82. The summed E-state index contributed by atoms with van der Waals surface area (Å²) in [6.07, 6.45) is 2.46. The molecular weight excluding hydrogens is 345 g/mol. The number of amides is 2. The lowest BCUT2D eigenvalue weighted by atomic mass is 10.1. The summed E-state index contributed by atoms with van der Waals surface area (Å²) in [4.78, 5) is 20.6. The summed E-state index contributed by atoms with van der Waals surface area (Å²) in [5.74, 6) is 0.396. The van der Waals surface area contributed by atoms with E-state index in [-0.39, 0.29) is 18.4 Å². The van der Waals surface area contributed by atoms with Crippen LogP contribution in [0.5, 0.6) is 0 Å². The van der Waals surface area contributed by atoms with Gasteiger partial charge in [0.1, 0.15) is 17.7 Å². The number of nitriles is 1. The van der Waals surface area contributed by atoms with E-state index in [1.807, 2.05) is 11.0 Å². The molecule has 0 saturated carbocycles. The van der Waals surface area contributed by atoms with Crippen molar-refractivity contribution in [1.82, 2.24) is 15.2 Å². The van der Waals surface area contributed by atoms with Gasteiger partial charge in [0.25, 0.3) is 0 Å². The Hall–Kier alpha value is -3.14. The third-order valence-corrected chi connectivity index (χ3v) is 4.67. The van der Waals surface area contributed by atoms with Crippen molar-refractivity contribution < 1.29 is 9.18 Å². The zero-order valence-electron chi connectivity index (χ0n) is 15.3. The predicted molar refractivity (Wildman–Crippen MR) is 101 cm³/mol. The second-order valence-electron chi connectivity index (χ2n) is 6.56. The van der Waals surface area contributed by atoms with E-state index >= 15 is 0 Å². The van der Waals surface area contributed by atoms with E-state index in [2.05, 4.69) is 16.4 Å². The molecule has 7 heteroatoms. The van der Waals surface area contributed by atoms with Gasteiger partial charge in [-0.05, 0) is 42.7 Å². The zero-order valence-corrected chi connectivity index (χ0v) is 15.3. The maximum Gasteiger partial charge on any atom is 0.317 e. The Balaban J connectivity index is 1.58. The first kappa shape index (κ1) is 18.6. The largest absolute Gasteiger partial charge is 0.354 e. The number of pyridine rings is 1. The Kier molecular flexibility index (Phi) is 5.87. The Morgan fingerprint density at radius 1 is 1.30 bits per heavy atom. The summed E-state index contributed by atoms with van der Waals surface area (Å²) in [5, 5.41) is 12.1. The number of rotatable bonds is 3. The van der Waals surface area contributed by atoms with Crippen molar-refractivity contribution in [3.05, 3.63) is 59.0 Å². The summed E-state index contributed by atoms with van der Waals surface area (Å²) in [6.45, 7) is 4.50. The van der Waals surface area contributed by atoms with Crippen LogP contribution in [0.15, 0.2) is 36.5 Å². The third-order valence-electron chi connectivity index (χ3n) is 4.67. The number of nitrogens with one attached hydrogen (secondary N) is 1. The number of anilines is 1.